The molecular weight excluding hydrogens is 378 g/mol. The molecule has 0 spiro atoms. The summed E-state index contributed by atoms with van der Waals surface area (Å²) in [7, 11) is -3.56. The molecule has 1 aromatic carbocycles. The van der Waals surface area contributed by atoms with E-state index in [1.807, 2.05) is 12.1 Å². The van der Waals surface area contributed by atoms with E-state index in [-0.39, 0.29) is 10.5 Å². The highest BCUT2D eigenvalue weighted by molar-refractivity contribution is 7.89. The molecule has 2 aromatic rings. The van der Waals surface area contributed by atoms with Crippen LogP contribution in [-0.2, 0) is 10.0 Å². The lowest BCUT2D eigenvalue weighted by Crippen LogP contribution is -2.28. The van der Waals surface area contributed by atoms with Crippen LogP contribution in [0.3, 0.4) is 0 Å². The van der Waals surface area contributed by atoms with Crippen molar-refractivity contribution in [3.63, 3.8) is 0 Å². The van der Waals surface area contributed by atoms with Gasteiger partial charge in [0.2, 0.25) is 10.0 Å². The van der Waals surface area contributed by atoms with E-state index in [2.05, 4.69) is 17.5 Å². The minimum atomic E-state index is -3.56. The minimum Gasteiger partial charge on any atom is -0.460 e. The second-order valence-electron chi connectivity index (χ2n) is 7.40. The monoisotopic (exact) mass is 401 g/mol. The molecule has 1 saturated heterocycles. The number of hydrogen-bond acceptors (Lipinski definition) is 5. The summed E-state index contributed by atoms with van der Waals surface area (Å²) in [6.45, 7) is 3.22. The van der Waals surface area contributed by atoms with E-state index in [0.717, 1.165) is 25.0 Å². The van der Waals surface area contributed by atoms with E-state index >= 15 is 0 Å². The number of carbonyl (C=O) groups is 1. The Kier molecular flexibility index (Phi) is 5.07. The molecule has 0 radical (unpaired) electrons. The summed E-state index contributed by atoms with van der Waals surface area (Å²) < 4.78 is 32.4. The Morgan fingerprint density at radius 2 is 2.00 bits per heavy atom. The van der Waals surface area contributed by atoms with Crippen molar-refractivity contribution in [2.24, 2.45) is 11.0 Å². The summed E-state index contributed by atoms with van der Waals surface area (Å²) in [6.07, 6.45) is 4.31. The van der Waals surface area contributed by atoms with Crippen molar-refractivity contribution in [2.75, 3.05) is 13.1 Å². The highest BCUT2D eigenvalue weighted by Crippen LogP contribution is 2.47. The molecule has 1 saturated carbocycles. The molecule has 4 rings (SSSR count). The van der Waals surface area contributed by atoms with Crippen LogP contribution in [0.5, 0.6) is 0 Å². The number of hydrazone groups is 1. The van der Waals surface area contributed by atoms with E-state index in [1.165, 1.54) is 22.7 Å². The topological polar surface area (TPSA) is 92.0 Å². The third kappa shape index (κ3) is 3.88. The number of amides is 1. The average molecular weight is 401 g/mol. The van der Waals surface area contributed by atoms with Gasteiger partial charge < -0.3 is 4.42 Å². The van der Waals surface area contributed by atoms with Crippen LogP contribution in [0.15, 0.2) is 50.8 Å². The van der Waals surface area contributed by atoms with E-state index in [0.29, 0.717) is 30.7 Å². The van der Waals surface area contributed by atoms with Crippen molar-refractivity contribution in [1.29, 1.82) is 0 Å². The van der Waals surface area contributed by atoms with Gasteiger partial charge in [-0.3, -0.25) is 4.79 Å². The number of nitrogens with one attached hydrogen (secondary N) is 1. The van der Waals surface area contributed by atoms with Crippen molar-refractivity contribution in [3.05, 3.63) is 53.5 Å². The summed E-state index contributed by atoms with van der Waals surface area (Å²) in [5.41, 5.74) is 2.66. The maximum absolute atomic E-state index is 12.6. The van der Waals surface area contributed by atoms with Crippen molar-refractivity contribution in [2.45, 2.75) is 37.0 Å². The van der Waals surface area contributed by atoms with Gasteiger partial charge in [-0.05, 0) is 55.5 Å². The Morgan fingerprint density at radius 3 is 2.71 bits per heavy atom. The van der Waals surface area contributed by atoms with Crippen LogP contribution in [0.2, 0.25) is 0 Å². The highest BCUT2D eigenvalue weighted by Gasteiger charge is 2.36. The second-order valence-corrected chi connectivity index (χ2v) is 9.34. The predicted molar refractivity (Wildman–Crippen MR) is 105 cm³/mol. The lowest BCUT2D eigenvalue weighted by atomic mass is 10.2. The largest absolute Gasteiger partial charge is 0.460 e. The smallest absolute Gasteiger partial charge is 0.271 e. The number of benzene rings is 1. The van der Waals surface area contributed by atoms with Crippen LogP contribution in [0, 0.1) is 5.92 Å². The maximum Gasteiger partial charge on any atom is 0.271 e. The number of sulfonamides is 1. The molecule has 1 aromatic heterocycles. The zero-order valence-corrected chi connectivity index (χ0v) is 16.5. The van der Waals surface area contributed by atoms with E-state index in [9.17, 15) is 13.2 Å². The molecule has 8 heteroatoms. The Balaban J connectivity index is 1.41. The zero-order chi connectivity index (χ0) is 19.7. The molecule has 1 aliphatic carbocycles. The Bertz CT molecular complexity index is 1010. The van der Waals surface area contributed by atoms with E-state index in [1.54, 1.807) is 12.1 Å². The third-order valence-corrected chi connectivity index (χ3v) is 7.17. The summed E-state index contributed by atoms with van der Waals surface area (Å²) in [6, 6.07) is 9.78. The standard InChI is InChI=1S/C20H23N3O4S/c1-14-11-18(14)19-8-7-16(27-19)13-21-22-20(24)15-5-4-6-17(12-15)28(25,26)23-9-2-3-10-23/h4-8,12-14,18H,2-3,9-11H2,1H3,(H,22,24)/b21-13-/t14-,18-/m0/s1. The average Bonchev–Trinajstić information content (AvgIpc) is 3.12. The lowest BCUT2D eigenvalue weighted by molar-refractivity contribution is 0.0955. The SMILES string of the molecule is C[C@H]1C[C@@H]1c1ccc(/C=N\NC(=O)c2cccc(S(=O)(=O)N3CCCC3)c2)o1. The number of carbonyl (C=O) groups excluding carboxylic acids is 1. The van der Waals surface area contributed by atoms with Crippen LogP contribution in [0.25, 0.3) is 0 Å². The van der Waals surface area contributed by atoms with Crippen LogP contribution in [0.1, 0.15) is 54.0 Å². The van der Waals surface area contributed by atoms with Gasteiger partial charge in [-0.15, -0.1) is 0 Å². The Hall–Kier alpha value is -2.45. The van der Waals surface area contributed by atoms with Gasteiger partial charge in [-0.25, -0.2) is 13.8 Å². The molecule has 2 fully saturated rings. The molecular formula is C20H23N3O4S. The van der Waals surface area contributed by atoms with E-state index in [4.69, 9.17) is 4.42 Å². The first-order valence-corrected chi connectivity index (χ1v) is 10.9. The highest BCUT2D eigenvalue weighted by atomic mass is 32.2. The number of hydrogen-bond donors (Lipinski definition) is 1. The van der Waals surface area contributed by atoms with Crippen molar-refractivity contribution in [3.8, 4) is 0 Å². The molecule has 1 aliphatic heterocycles. The van der Waals surface area contributed by atoms with Gasteiger partial charge in [0.25, 0.3) is 5.91 Å². The lowest BCUT2D eigenvalue weighted by Gasteiger charge is -2.15. The van der Waals surface area contributed by atoms with Gasteiger partial charge in [0.05, 0.1) is 11.1 Å². The molecule has 2 aliphatic rings. The van der Waals surface area contributed by atoms with Gasteiger partial charge >= 0.3 is 0 Å². The van der Waals surface area contributed by atoms with Crippen LogP contribution in [-0.4, -0.2) is 37.9 Å². The maximum atomic E-state index is 12.6. The van der Waals surface area contributed by atoms with Gasteiger partial charge in [-0.2, -0.15) is 9.41 Å². The molecule has 148 valence electrons. The van der Waals surface area contributed by atoms with Crippen molar-refractivity contribution < 1.29 is 17.6 Å². The fraction of sp³-hybridized carbons (Fsp3) is 0.400. The number of nitrogens with zero attached hydrogens (tertiary/aromatic N) is 2. The van der Waals surface area contributed by atoms with E-state index < -0.39 is 15.9 Å². The van der Waals surface area contributed by atoms with Crippen molar-refractivity contribution >= 4 is 22.1 Å². The normalized spacial score (nSPS) is 22.6. The van der Waals surface area contributed by atoms with Crippen LogP contribution < -0.4 is 5.43 Å². The number of rotatable bonds is 6. The molecule has 28 heavy (non-hydrogen) atoms. The molecule has 2 heterocycles. The summed E-state index contributed by atoms with van der Waals surface area (Å²) in [4.78, 5) is 12.5. The fourth-order valence-corrected chi connectivity index (χ4v) is 5.01. The Labute approximate surface area is 164 Å². The molecule has 7 nitrogen and oxygen atoms in total. The summed E-state index contributed by atoms with van der Waals surface area (Å²) in [5, 5.41) is 3.92. The quantitative estimate of drug-likeness (QED) is 0.595. The van der Waals surface area contributed by atoms with Gasteiger partial charge in [0.15, 0.2) is 0 Å². The third-order valence-electron chi connectivity index (χ3n) is 5.28. The Morgan fingerprint density at radius 1 is 1.25 bits per heavy atom. The van der Waals surface area contributed by atoms with Gasteiger partial charge in [0.1, 0.15) is 11.5 Å². The molecule has 1 amide bonds. The first-order chi connectivity index (χ1) is 13.4. The molecule has 0 unspecified atom stereocenters. The zero-order valence-electron chi connectivity index (χ0n) is 15.7. The van der Waals surface area contributed by atoms with Crippen LogP contribution in [0.4, 0.5) is 0 Å². The molecule has 2 atom stereocenters. The molecule has 0 bridgehead atoms. The molecule has 1 N–H and O–H groups in total. The summed E-state index contributed by atoms with van der Waals surface area (Å²) >= 11 is 0. The van der Waals surface area contributed by atoms with Gasteiger partial charge in [-0.1, -0.05) is 13.0 Å². The van der Waals surface area contributed by atoms with Crippen molar-refractivity contribution in [1.82, 2.24) is 9.73 Å². The van der Waals surface area contributed by atoms with Crippen LogP contribution >= 0.6 is 0 Å². The minimum absolute atomic E-state index is 0.125. The number of furan rings is 1. The second kappa shape index (κ2) is 7.52. The first-order valence-electron chi connectivity index (χ1n) is 9.48. The fourth-order valence-electron chi connectivity index (χ4n) is 3.45. The summed E-state index contributed by atoms with van der Waals surface area (Å²) in [5.74, 6) is 2.17. The predicted octanol–water partition coefficient (Wildman–Crippen LogP) is 2.95. The van der Waals surface area contributed by atoms with Gasteiger partial charge in [0, 0.05) is 24.6 Å². The first kappa shape index (κ1) is 18.9.